The van der Waals surface area contributed by atoms with Gasteiger partial charge in [-0.3, -0.25) is 9.59 Å². The number of halogens is 1. The molecular weight excluding hydrogens is 426 g/mol. The Kier molecular flexibility index (Phi) is 5.84. The fourth-order valence-electron chi connectivity index (χ4n) is 4.08. The minimum atomic E-state index is -0.890. The summed E-state index contributed by atoms with van der Waals surface area (Å²) in [4.78, 5) is 31.2. The highest BCUT2D eigenvalue weighted by Gasteiger charge is 2.39. The normalized spacial score (nSPS) is 18.0. The molecule has 4 rings (SSSR count). The smallest absolute Gasteiger partial charge is 0.268 e. The molecule has 0 saturated heterocycles. The number of aromatic amines is 1. The Labute approximate surface area is 182 Å². The summed E-state index contributed by atoms with van der Waals surface area (Å²) in [7, 11) is 1.64. The average Bonchev–Trinajstić information content (AvgIpc) is 3.38. The van der Waals surface area contributed by atoms with E-state index in [9.17, 15) is 19.8 Å². The van der Waals surface area contributed by atoms with E-state index in [1.165, 1.54) is 16.2 Å². The van der Waals surface area contributed by atoms with E-state index < -0.39 is 25.2 Å². The van der Waals surface area contributed by atoms with Gasteiger partial charge in [0.2, 0.25) is 5.91 Å². The molecule has 30 heavy (non-hydrogen) atoms. The molecule has 7 nitrogen and oxygen atoms in total. The van der Waals surface area contributed by atoms with Crippen LogP contribution in [0.3, 0.4) is 0 Å². The van der Waals surface area contributed by atoms with E-state index in [0.29, 0.717) is 16.5 Å². The van der Waals surface area contributed by atoms with Crippen LogP contribution in [0.25, 0.3) is 10.2 Å². The van der Waals surface area contributed by atoms with E-state index in [4.69, 9.17) is 11.6 Å². The van der Waals surface area contributed by atoms with Crippen molar-refractivity contribution in [3.8, 4) is 0 Å². The third kappa shape index (κ3) is 3.72. The molecule has 3 aromatic rings. The molecule has 2 aromatic heterocycles. The predicted molar refractivity (Wildman–Crippen MR) is 116 cm³/mol. The van der Waals surface area contributed by atoms with Gasteiger partial charge in [0.05, 0.1) is 35.6 Å². The summed E-state index contributed by atoms with van der Waals surface area (Å²) in [6.45, 7) is -0.875. The topological polar surface area (TPSA) is 106 Å². The van der Waals surface area contributed by atoms with Crippen molar-refractivity contribution < 1.29 is 19.8 Å². The van der Waals surface area contributed by atoms with Gasteiger partial charge in [0.25, 0.3) is 5.91 Å². The molecule has 1 aromatic carbocycles. The summed E-state index contributed by atoms with van der Waals surface area (Å²) >= 11 is 7.37. The highest BCUT2D eigenvalue weighted by molar-refractivity contribution is 7.22. The second kappa shape index (κ2) is 8.39. The fourth-order valence-corrected chi connectivity index (χ4v) is 5.21. The minimum absolute atomic E-state index is 0.265. The molecule has 158 valence electrons. The summed E-state index contributed by atoms with van der Waals surface area (Å²) < 4.78 is 0.650. The number of carbonyl (C=O) groups is 2. The van der Waals surface area contributed by atoms with Gasteiger partial charge in [0.15, 0.2) is 0 Å². The van der Waals surface area contributed by atoms with Crippen LogP contribution in [0.4, 0.5) is 0 Å². The number of rotatable bonds is 6. The maximum atomic E-state index is 12.9. The number of nitrogens with one attached hydrogen (secondary N) is 2. The lowest BCUT2D eigenvalue weighted by molar-refractivity contribution is -0.139. The Morgan fingerprint density at radius 2 is 2.03 bits per heavy atom. The average molecular weight is 448 g/mol. The second-order valence-electron chi connectivity index (χ2n) is 7.46. The lowest BCUT2D eigenvalue weighted by Gasteiger charge is -2.32. The van der Waals surface area contributed by atoms with Gasteiger partial charge in [-0.05, 0) is 29.7 Å². The van der Waals surface area contributed by atoms with Crippen LogP contribution >= 0.6 is 22.9 Å². The van der Waals surface area contributed by atoms with Crippen molar-refractivity contribution in [2.45, 2.75) is 18.5 Å². The van der Waals surface area contributed by atoms with Crippen LogP contribution in [0.1, 0.15) is 27.7 Å². The number of thiophene rings is 1. The zero-order valence-corrected chi connectivity index (χ0v) is 17.8. The summed E-state index contributed by atoms with van der Waals surface area (Å²) in [5.74, 6) is -1.52. The molecular formula is C21H22ClN3O4S. The molecule has 1 aliphatic carbocycles. The van der Waals surface area contributed by atoms with Gasteiger partial charge in [0.1, 0.15) is 10.5 Å². The number of carbonyl (C=O) groups excluding carboxylic acids is 2. The third-order valence-electron chi connectivity index (χ3n) is 5.59. The Morgan fingerprint density at radius 3 is 2.73 bits per heavy atom. The van der Waals surface area contributed by atoms with Gasteiger partial charge in [-0.25, -0.2) is 0 Å². The van der Waals surface area contributed by atoms with Crippen LogP contribution in [-0.4, -0.2) is 58.2 Å². The summed E-state index contributed by atoms with van der Waals surface area (Å²) in [6, 6.07) is 10.6. The van der Waals surface area contributed by atoms with Crippen LogP contribution in [-0.2, 0) is 11.2 Å². The molecule has 2 heterocycles. The van der Waals surface area contributed by atoms with Gasteiger partial charge in [0, 0.05) is 12.4 Å². The quantitative estimate of drug-likeness (QED) is 0.465. The number of aliphatic hydroxyl groups is 2. The number of amides is 2. The largest absolute Gasteiger partial charge is 0.395 e. The van der Waals surface area contributed by atoms with Crippen LogP contribution in [0.2, 0.25) is 4.34 Å². The van der Waals surface area contributed by atoms with Crippen molar-refractivity contribution >= 4 is 45.0 Å². The van der Waals surface area contributed by atoms with Gasteiger partial charge in [-0.2, -0.15) is 0 Å². The zero-order valence-electron chi connectivity index (χ0n) is 16.3. The van der Waals surface area contributed by atoms with Crippen molar-refractivity contribution in [3.05, 3.63) is 57.6 Å². The van der Waals surface area contributed by atoms with Crippen molar-refractivity contribution in [2.75, 3.05) is 20.3 Å². The summed E-state index contributed by atoms with van der Waals surface area (Å²) in [5, 5.41) is 22.8. The number of benzene rings is 1. The molecule has 9 heteroatoms. The summed E-state index contributed by atoms with van der Waals surface area (Å²) in [5.41, 5.74) is 2.43. The Balaban J connectivity index is 1.59. The molecule has 0 radical (unpaired) electrons. The maximum absolute atomic E-state index is 12.9. The highest BCUT2D eigenvalue weighted by atomic mass is 35.5. The molecule has 0 aliphatic heterocycles. The van der Waals surface area contributed by atoms with Gasteiger partial charge in [-0.15, -0.1) is 11.3 Å². The summed E-state index contributed by atoms with van der Waals surface area (Å²) in [6.07, 6.45) is 0.577. The highest BCUT2D eigenvalue weighted by Crippen LogP contribution is 2.36. The predicted octanol–water partition coefficient (Wildman–Crippen LogP) is 2.34. The Bertz CT molecular complexity index is 1060. The number of likely N-dealkylation sites (N-methyl/N-ethyl adjacent to an activating group) is 1. The van der Waals surface area contributed by atoms with Gasteiger partial charge >= 0.3 is 0 Å². The third-order valence-corrected chi connectivity index (χ3v) is 6.78. The first-order valence-corrected chi connectivity index (χ1v) is 10.8. The van der Waals surface area contributed by atoms with Crippen molar-refractivity contribution in [3.63, 3.8) is 0 Å². The van der Waals surface area contributed by atoms with E-state index in [-0.39, 0.29) is 17.9 Å². The standard InChI is InChI=1S/C21H22ClN3O4S/c1-25(21(29)13(9-26)10-27)18-14-5-3-2-4-11(14)6-15(18)23-19(28)16-7-12-8-17(22)30-20(12)24-16/h2-5,7-8,13,15,18,24,26-27H,6,9-10H2,1H3,(H,23,28)/t15-,18-/m1/s1. The molecule has 1 aliphatic rings. The Hall–Kier alpha value is -2.39. The van der Waals surface area contributed by atoms with Crippen LogP contribution in [0.15, 0.2) is 36.4 Å². The van der Waals surface area contributed by atoms with Gasteiger partial charge in [-0.1, -0.05) is 35.9 Å². The number of aromatic nitrogens is 1. The number of H-pyrrole nitrogens is 1. The van der Waals surface area contributed by atoms with Crippen molar-refractivity contribution in [1.29, 1.82) is 0 Å². The lowest BCUT2D eigenvalue weighted by atomic mass is 10.0. The van der Waals surface area contributed by atoms with Crippen molar-refractivity contribution in [2.24, 2.45) is 5.92 Å². The monoisotopic (exact) mass is 447 g/mol. The number of hydrogen-bond donors (Lipinski definition) is 4. The lowest BCUT2D eigenvalue weighted by Crippen LogP contribution is -2.47. The van der Waals surface area contributed by atoms with E-state index in [1.54, 1.807) is 19.2 Å². The van der Waals surface area contributed by atoms with Crippen LogP contribution in [0, 0.1) is 5.92 Å². The van der Waals surface area contributed by atoms with E-state index in [0.717, 1.165) is 21.3 Å². The molecule has 0 unspecified atom stereocenters. The molecule has 0 spiro atoms. The van der Waals surface area contributed by atoms with Crippen molar-refractivity contribution in [1.82, 2.24) is 15.2 Å². The zero-order chi connectivity index (χ0) is 21.4. The first-order valence-electron chi connectivity index (χ1n) is 9.58. The van der Waals surface area contributed by atoms with E-state index in [1.807, 2.05) is 24.3 Å². The van der Waals surface area contributed by atoms with E-state index in [2.05, 4.69) is 10.3 Å². The first-order chi connectivity index (χ1) is 14.4. The maximum Gasteiger partial charge on any atom is 0.268 e. The molecule has 0 saturated carbocycles. The SMILES string of the molecule is CN(C(=O)C(CO)CO)[C@@H]1c2ccccc2C[C@H]1NC(=O)c1cc2cc(Cl)sc2[nH]1. The van der Waals surface area contributed by atoms with E-state index >= 15 is 0 Å². The fraction of sp³-hybridized carbons (Fsp3) is 0.333. The Morgan fingerprint density at radius 1 is 1.30 bits per heavy atom. The molecule has 2 amide bonds. The van der Waals surface area contributed by atoms with Crippen LogP contribution < -0.4 is 5.32 Å². The number of aliphatic hydroxyl groups excluding tert-OH is 2. The first kappa shape index (κ1) is 20.9. The van der Waals surface area contributed by atoms with Gasteiger partial charge < -0.3 is 25.4 Å². The number of hydrogen-bond acceptors (Lipinski definition) is 5. The molecule has 4 N–H and O–H groups in total. The van der Waals surface area contributed by atoms with Crippen LogP contribution in [0.5, 0.6) is 0 Å². The molecule has 0 bridgehead atoms. The minimum Gasteiger partial charge on any atom is -0.395 e. The molecule has 0 fully saturated rings. The molecule has 2 atom stereocenters. The number of fused-ring (bicyclic) bond motifs is 2. The second-order valence-corrected chi connectivity index (χ2v) is 9.14. The number of nitrogens with zero attached hydrogens (tertiary/aromatic N) is 1.